The summed E-state index contributed by atoms with van der Waals surface area (Å²) in [5.74, 6) is -13.2. The molecule has 1 aromatic rings. The molecule has 1 heterocycles. The molecule has 0 bridgehead atoms. The molecule has 44 nitrogen and oxygen atoms in total. The molecule has 0 spiro atoms. The first-order valence-corrected chi connectivity index (χ1v) is 43.6. The highest BCUT2D eigenvalue weighted by molar-refractivity contribution is 5.99. The maximum Gasteiger partial charge on any atom is 0.407 e. The van der Waals surface area contributed by atoms with E-state index in [1.54, 1.807) is 148 Å². The summed E-state index contributed by atoms with van der Waals surface area (Å²) in [5.41, 5.74) is -4.60. The molecule has 44 heteroatoms. The van der Waals surface area contributed by atoms with Crippen LogP contribution in [0.4, 0.5) is 24.0 Å². The lowest BCUT2D eigenvalue weighted by molar-refractivity contribution is -0.141. The van der Waals surface area contributed by atoms with Crippen LogP contribution in [0.15, 0.2) is 30.3 Å². The molecule has 2 rings (SSSR count). The lowest BCUT2D eigenvalue weighted by atomic mass is 10.00. The maximum atomic E-state index is 15.5. The van der Waals surface area contributed by atoms with Gasteiger partial charge in [0.1, 0.15) is 95.0 Å². The number of hydrogen-bond donors (Lipinski definition) is 20. The smallest absolute Gasteiger partial charge is 0.407 e. The second-order valence-corrected chi connectivity index (χ2v) is 36.5. The molecule has 0 aliphatic carbocycles. The van der Waals surface area contributed by atoms with Gasteiger partial charge in [-0.3, -0.25) is 62.3 Å². The number of nitrogens with one attached hydrogen (secondary N) is 18. The fraction of sp³-hybridized carbons (Fsp3) is 0.718. The minimum Gasteiger partial charge on any atom is -0.465 e. The quantitative estimate of drug-likeness (QED) is 0.0237. The first-order chi connectivity index (χ1) is 59.9. The molecule has 129 heavy (non-hydrogen) atoms. The highest BCUT2D eigenvalue weighted by Crippen LogP contribution is 2.16. The van der Waals surface area contributed by atoms with E-state index in [-0.39, 0.29) is 70.7 Å². The Balaban J connectivity index is 3.02. The standard InChI is InChI=1S/C85H144N18O26/c1-49(2)47-60-72(115)98-56(32-41-90-77(120)126-82(9,10)11)67(110)97-59(35-44-93-80(123)129-85(18,19)20)71(114)102-64(50(3)104)74(117)88-39-30-55(66(109)96-57(33-42-91-78(121)127-83(12,13)14)69(112)101-61(73(116)100-60)48-53-27-23-21-24-28-53)95-68(111)58(34-43-92-79(122)128-84(15,16)17)99-75(118)65(51(4)105)103-70(113)54(31-40-89-76(119)125-81(6,7)8)94-63(108)29-25-22-26-37-87-62(107)36-38-86-45-46-124-52(5)106/h21,23-24,27-28,49-51,54-61,64-65,86,104-105H,22,25-26,29-48H2,1-20H3,(H,87,107)(H,88,117)(H,89,119)(H,90,120)(H,91,121)(H,92,122)(H,93,123)(H,94,108)(H,95,111)(H,96,109)(H,97,110)(H,98,115)(H,99,118)(H,100,116)(H,101,112)(H,102,114)(H,103,113)/t50-,51-,54+,55+,56+,57+,58+,59+,60+,61-,64+,65+/m1/s1. The van der Waals surface area contributed by atoms with Gasteiger partial charge in [0.2, 0.25) is 70.9 Å². The van der Waals surface area contributed by atoms with E-state index in [0.29, 0.717) is 31.5 Å². The zero-order valence-corrected chi connectivity index (χ0v) is 78.3. The number of carbonyl (C=O) groups is 18. The molecule has 1 aliphatic heterocycles. The van der Waals surface area contributed by atoms with Crippen LogP contribution in [-0.4, -0.2) is 284 Å². The van der Waals surface area contributed by atoms with Gasteiger partial charge in [-0.25, -0.2) is 24.0 Å². The van der Waals surface area contributed by atoms with E-state index in [1.807, 2.05) is 0 Å². The van der Waals surface area contributed by atoms with Gasteiger partial charge >= 0.3 is 36.4 Å². The molecule has 0 aromatic heterocycles. The first-order valence-electron chi connectivity index (χ1n) is 43.6. The Morgan fingerprint density at radius 2 is 0.845 bits per heavy atom. The summed E-state index contributed by atoms with van der Waals surface area (Å²) in [6, 6.07) is -9.67. The average Bonchev–Trinajstić information content (AvgIpc) is 1.30. The van der Waals surface area contributed by atoms with Gasteiger partial charge < -0.3 is 134 Å². The summed E-state index contributed by atoms with van der Waals surface area (Å²) in [5, 5.41) is 68.9. The number of carbonyl (C=O) groups excluding carboxylic acids is 18. The maximum absolute atomic E-state index is 15.5. The van der Waals surface area contributed by atoms with Gasteiger partial charge in [-0.15, -0.1) is 0 Å². The summed E-state index contributed by atoms with van der Waals surface area (Å²) in [4.78, 5) is 252. The van der Waals surface area contributed by atoms with Gasteiger partial charge in [0.15, 0.2) is 0 Å². The van der Waals surface area contributed by atoms with Crippen LogP contribution in [0.3, 0.4) is 0 Å². The number of benzene rings is 1. The van der Waals surface area contributed by atoms with Crippen LogP contribution in [0.5, 0.6) is 0 Å². The van der Waals surface area contributed by atoms with E-state index in [2.05, 4.69) is 95.7 Å². The van der Waals surface area contributed by atoms with Crippen molar-refractivity contribution in [3.05, 3.63) is 35.9 Å². The number of amides is 17. The molecule has 12 atom stereocenters. The number of alkyl carbamates (subject to hydrolysis) is 5. The molecule has 20 N–H and O–H groups in total. The minimum absolute atomic E-state index is 0.138. The third kappa shape index (κ3) is 52.0. The van der Waals surface area contributed by atoms with Crippen LogP contribution >= 0.6 is 0 Å². The van der Waals surface area contributed by atoms with Crippen LogP contribution in [0.25, 0.3) is 0 Å². The Morgan fingerprint density at radius 3 is 1.29 bits per heavy atom. The number of aliphatic hydroxyl groups is 2. The van der Waals surface area contributed by atoms with Gasteiger partial charge in [-0.05, 0) is 187 Å². The summed E-state index contributed by atoms with van der Waals surface area (Å²) >= 11 is 0. The Kier molecular flexibility index (Phi) is 49.4. The van der Waals surface area contributed by atoms with Crippen LogP contribution in [0, 0.1) is 5.92 Å². The molecule has 0 unspecified atom stereocenters. The molecule has 1 fully saturated rings. The summed E-state index contributed by atoms with van der Waals surface area (Å²) < 4.78 is 31.8. The van der Waals surface area contributed by atoms with Crippen molar-refractivity contribution in [2.75, 3.05) is 65.5 Å². The lowest BCUT2D eigenvalue weighted by Gasteiger charge is -2.29. The number of rotatable bonds is 40. The summed E-state index contributed by atoms with van der Waals surface area (Å²) in [7, 11) is 0. The SMILES string of the molecule is CC(=O)OCCNCCC(=O)NCCCCCC(=O)N[C@@H](CCNC(=O)OC(C)(C)C)C(=O)N[C@H](C(=O)N[C@@H](CCNC(=O)OC(C)(C)C)C(=O)N[C@H]1CCNC(=O)[C@H]([C@@H](C)O)NC(=O)[C@H](CCNC(=O)OC(C)(C)C)NC(=O)[C@H](CCNC(=O)OC(C)(C)C)NC(=O)[C@H](CC(C)C)NC(=O)[C@@H](Cc2ccccc2)NC(=O)[C@H](CCNC(=O)OC(C)(C)C)NC1=O)[C@@H](C)O. The molecule has 1 aliphatic rings. The fourth-order valence-corrected chi connectivity index (χ4v) is 12.0. The van der Waals surface area contributed by atoms with E-state index in [1.165, 1.54) is 6.92 Å². The molecule has 0 saturated carbocycles. The predicted octanol–water partition coefficient (Wildman–Crippen LogP) is 0.198. The van der Waals surface area contributed by atoms with E-state index >= 15 is 19.2 Å². The number of unbranched alkanes of at least 4 members (excludes halogenated alkanes) is 2. The van der Waals surface area contributed by atoms with Gasteiger partial charge in [0.25, 0.3) is 0 Å². The second kappa shape index (κ2) is 56.1. The van der Waals surface area contributed by atoms with Gasteiger partial charge in [0.05, 0.1) is 12.2 Å². The van der Waals surface area contributed by atoms with Gasteiger partial charge in [0, 0.05) is 85.1 Å². The summed E-state index contributed by atoms with van der Waals surface area (Å²) in [6.07, 6.45) is -10.7. The van der Waals surface area contributed by atoms with Crippen molar-refractivity contribution in [1.82, 2.24) is 95.7 Å². The van der Waals surface area contributed by atoms with Crippen LogP contribution in [-0.2, 0) is 97.2 Å². The average molecular weight is 1830 g/mol. The Bertz CT molecular complexity index is 3850. The number of ether oxygens (including phenoxy) is 6. The third-order valence-corrected chi connectivity index (χ3v) is 18.0. The number of aliphatic hydroxyl groups excluding tert-OH is 2. The molecular formula is C85H144N18O26. The molecule has 730 valence electrons. The molecule has 0 radical (unpaired) electrons. The Morgan fingerprint density at radius 1 is 0.426 bits per heavy atom. The minimum atomic E-state index is -2.00. The topological polar surface area (TPSA) is 620 Å². The first kappa shape index (κ1) is 114. The van der Waals surface area contributed by atoms with Gasteiger partial charge in [-0.1, -0.05) is 50.6 Å². The van der Waals surface area contributed by atoms with Crippen LogP contribution in [0.2, 0.25) is 0 Å². The van der Waals surface area contributed by atoms with Crippen molar-refractivity contribution in [1.29, 1.82) is 0 Å². The Hall–Kier alpha value is -11.4. The molecule has 1 aromatic carbocycles. The number of esters is 1. The molecule has 1 saturated heterocycles. The highest BCUT2D eigenvalue weighted by atomic mass is 16.6. The van der Waals surface area contributed by atoms with Crippen molar-refractivity contribution >= 4 is 107 Å². The van der Waals surface area contributed by atoms with Crippen LogP contribution < -0.4 is 95.7 Å². The molecule has 17 amide bonds. The number of hydrogen-bond acceptors (Lipinski definition) is 27. The normalized spacial score (nSPS) is 19.0. The van der Waals surface area contributed by atoms with Crippen molar-refractivity contribution < 1.29 is 125 Å². The zero-order valence-electron chi connectivity index (χ0n) is 78.3. The third-order valence-electron chi connectivity index (χ3n) is 18.0. The van der Waals surface area contributed by atoms with E-state index < -0.39 is 266 Å². The summed E-state index contributed by atoms with van der Waals surface area (Å²) in [6.45, 7) is 29.1. The van der Waals surface area contributed by atoms with Crippen molar-refractivity contribution in [3.8, 4) is 0 Å². The fourth-order valence-electron chi connectivity index (χ4n) is 12.0. The predicted molar refractivity (Wildman–Crippen MR) is 470 cm³/mol. The van der Waals surface area contributed by atoms with E-state index in [4.69, 9.17) is 28.4 Å². The largest absolute Gasteiger partial charge is 0.465 e. The molecular weight excluding hydrogens is 1690 g/mol. The van der Waals surface area contributed by atoms with Crippen molar-refractivity contribution in [2.45, 2.75) is 323 Å². The van der Waals surface area contributed by atoms with E-state index in [9.17, 15) is 77.3 Å². The Labute approximate surface area is 754 Å². The second-order valence-electron chi connectivity index (χ2n) is 36.5. The highest BCUT2D eigenvalue weighted by Gasteiger charge is 2.40. The van der Waals surface area contributed by atoms with Crippen LogP contribution in [0.1, 0.15) is 221 Å². The van der Waals surface area contributed by atoms with E-state index in [0.717, 1.165) is 13.8 Å². The van der Waals surface area contributed by atoms with Crippen molar-refractivity contribution in [2.24, 2.45) is 5.92 Å². The zero-order chi connectivity index (χ0) is 97.7. The van der Waals surface area contributed by atoms with Crippen molar-refractivity contribution in [3.63, 3.8) is 0 Å². The van der Waals surface area contributed by atoms with Gasteiger partial charge in [-0.2, -0.15) is 0 Å². The monoisotopic (exact) mass is 1830 g/mol. The lowest BCUT2D eigenvalue weighted by Crippen LogP contribution is -2.62.